The highest BCUT2D eigenvalue weighted by atomic mass is 16.3. The fraction of sp³-hybridized carbons (Fsp3) is 0.882. The Bertz CT molecular complexity index is 1120. The molecule has 0 bridgehead atoms. The highest BCUT2D eigenvalue weighted by Crippen LogP contribution is 2.40. The molecule has 0 aliphatic rings. The molecular formula is C51H99N3O3. The van der Waals surface area contributed by atoms with E-state index >= 15 is 0 Å². The van der Waals surface area contributed by atoms with Gasteiger partial charge in [0.1, 0.15) is 5.75 Å². The number of rotatable bonds is 32. The number of hydrogen-bond donors (Lipinski definition) is 5. The molecule has 0 fully saturated rings. The number of phenols is 1. The van der Waals surface area contributed by atoms with Crippen LogP contribution in [0.4, 0.5) is 0 Å². The first-order chi connectivity index (χ1) is 26.7. The molecule has 0 aliphatic heterocycles. The summed E-state index contributed by atoms with van der Waals surface area (Å²) in [7, 11) is 0. The van der Waals surface area contributed by atoms with Gasteiger partial charge >= 0.3 is 0 Å². The number of aliphatic hydroxyl groups excluding tert-OH is 2. The quantitative estimate of drug-likeness (QED) is 0.0467. The zero-order valence-corrected chi connectivity index (χ0v) is 40.4. The summed E-state index contributed by atoms with van der Waals surface area (Å²) in [5.74, 6) is 4.60. The maximum Gasteiger partial charge on any atom is 0.123 e. The number of phenolic OH excluding ortho intramolecular Hbond substituents is 1. The Kier molecular flexibility index (Phi) is 26.8. The van der Waals surface area contributed by atoms with E-state index in [2.05, 4.69) is 125 Å². The van der Waals surface area contributed by atoms with Gasteiger partial charge in [-0.15, -0.1) is 0 Å². The molecular weight excluding hydrogens is 703 g/mol. The van der Waals surface area contributed by atoms with Gasteiger partial charge in [-0.1, -0.05) is 128 Å². The monoisotopic (exact) mass is 802 g/mol. The largest absolute Gasteiger partial charge is 0.507 e. The molecule has 0 radical (unpaired) electrons. The molecule has 0 saturated heterocycles. The summed E-state index contributed by atoms with van der Waals surface area (Å²) in [6, 6.07) is 4.47. The number of benzene rings is 1. The van der Waals surface area contributed by atoms with Gasteiger partial charge in [0.15, 0.2) is 0 Å². The smallest absolute Gasteiger partial charge is 0.123 e. The SMILES string of the molecule is CCC(C)CC(C)CC(C)CC(O)CCCCNCCCCCN(CCNCC(O)CC(C)CC(C)CC(C)CC)Cc1cc(C(C)(C)C)c(O)c(C(C)(C)C)c1. The van der Waals surface area contributed by atoms with E-state index in [-0.39, 0.29) is 23.0 Å². The van der Waals surface area contributed by atoms with Crippen molar-refractivity contribution in [2.24, 2.45) is 35.5 Å². The Hall–Kier alpha value is -1.18. The molecule has 1 rings (SSSR count). The van der Waals surface area contributed by atoms with Crippen molar-refractivity contribution in [3.8, 4) is 5.75 Å². The topological polar surface area (TPSA) is 88.0 Å². The van der Waals surface area contributed by atoms with Crippen LogP contribution in [0.15, 0.2) is 12.1 Å². The van der Waals surface area contributed by atoms with E-state index in [1.807, 2.05) is 0 Å². The second-order valence-corrected chi connectivity index (χ2v) is 21.5. The molecule has 336 valence electrons. The third-order valence-electron chi connectivity index (χ3n) is 12.6. The zero-order chi connectivity index (χ0) is 43.2. The van der Waals surface area contributed by atoms with Crippen molar-refractivity contribution in [3.05, 3.63) is 28.8 Å². The summed E-state index contributed by atoms with van der Waals surface area (Å²) in [6.07, 6.45) is 15.4. The lowest BCUT2D eigenvalue weighted by atomic mass is 9.78. The Morgan fingerprint density at radius 3 is 1.49 bits per heavy atom. The van der Waals surface area contributed by atoms with Crippen molar-refractivity contribution in [1.29, 1.82) is 0 Å². The lowest BCUT2D eigenvalue weighted by molar-refractivity contribution is 0.126. The summed E-state index contributed by atoms with van der Waals surface area (Å²) >= 11 is 0. The molecule has 0 saturated carbocycles. The summed E-state index contributed by atoms with van der Waals surface area (Å²) in [6.45, 7) is 38.1. The van der Waals surface area contributed by atoms with Crippen molar-refractivity contribution >= 4 is 0 Å². The molecule has 0 aliphatic carbocycles. The second kappa shape index (κ2) is 28.4. The van der Waals surface area contributed by atoms with E-state index in [1.165, 1.54) is 56.9 Å². The highest BCUT2D eigenvalue weighted by molar-refractivity contribution is 5.49. The molecule has 5 N–H and O–H groups in total. The van der Waals surface area contributed by atoms with Crippen molar-refractivity contribution in [3.63, 3.8) is 0 Å². The van der Waals surface area contributed by atoms with Gasteiger partial charge in [-0.25, -0.2) is 0 Å². The lowest BCUT2D eigenvalue weighted by Gasteiger charge is -2.30. The van der Waals surface area contributed by atoms with E-state index in [0.717, 1.165) is 107 Å². The fourth-order valence-corrected chi connectivity index (χ4v) is 9.08. The molecule has 1 aromatic carbocycles. The zero-order valence-electron chi connectivity index (χ0n) is 40.4. The van der Waals surface area contributed by atoms with Crippen LogP contribution in [0.3, 0.4) is 0 Å². The van der Waals surface area contributed by atoms with Crippen LogP contribution in [0, 0.1) is 35.5 Å². The second-order valence-electron chi connectivity index (χ2n) is 21.5. The molecule has 0 amide bonds. The van der Waals surface area contributed by atoms with Crippen LogP contribution in [0.1, 0.15) is 204 Å². The van der Waals surface area contributed by atoms with Crippen molar-refractivity contribution < 1.29 is 15.3 Å². The summed E-state index contributed by atoms with van der Waals surface area (Å²) in [5, 5.41) is 40.1. The Balaban J connectivity index is 2.64. The average Bonchev–Trinajstić information content (AvgIpc) is 3.09. The predicted octanol–water partition coefficient (Wildman–Crippen LogP) is 12.0. The van der Waals surface area contributed by atoms with E-state index < -0.39 is 0 Å². The third kappa shape index (κ3) is 24.6. The van der Waals surface area contributed by atoms with E-state index in [9.17, 15) is 15.3 Å². The van der Waals surface area contributed by atoms with E-state index in [1.54, 1.807) is 0 Å². The first-order valence-electron chi connectivity index (χ1n) is 24.0. The predicted molar refractivity (Wildman–Crippen MR) is 250 cm³/mol. The number of unbranched alkanes of at least 4 members (excludes halogenated alkanes) is 3. The van der Waals surface area contributed by atoms with Crippen LogP contribution in [0.5, 0.6) is 5.75 Å². The van der Waals surface area contributed by atoms with Crippen LogP contribution < -0.4 is 10.6 Å². The highest BCUT2D eigenvalue weighted by Gasteiger charge is 2.27. The Labute approximate surface area is 355 Å². The number of aromatic hydroxyl groups is 1. The number of nitrogens with one attached hydrogen (secondary N) is 2. The molecule has 6 nitrogen and oxygen atoms in total. The minimum absolute atomic E-state index is 0.150. The molecule has 0 heterocycles. The lowest BCUT2D eigenvalue weighted by Crippen LogP contribution is -2.36. The molecule has 8 unspecified atom stereocenters. The minimum atomic E-state index is -0.315. The first kappa shape index (κ1) is 53.8. The molecule has 6 heteroatoms. The summed E-state index contributed by atoms with van der Waals surface area (Å²) in [5.41, 5.74) is 3.01. The van der Waals surface area contributed by atoms with Gasteiger partial charge in [0.25, 0.3) is 0 Å². The van der Waals surface area contributed by atoms with Crippen LogP contribution in [0.25, 0.3) is 0 Å². The Morgan fingerprint density at radius 1 is 0.544 bits per heavy atom. The molecule has 1 aromatic rings. The number of nitrogens with zero attached hydrogens (tertiary/aromatic N) is 1. The molecule has 8 atom stereocenters. The van der Waals surface area contributed by atoms with Gasteiger partial charge in [-0.2, -0.15) is 0 Å². The van der Waals surface area contributed by atoms with E-state index in [4.69, 9.17) is 0 Å². The number of hydrogen-bond acceptors (Lipinski definition) is 6. The molecule has 57 heavy (non-hydrogen) atoms. The van der Waals surface area contributed by atoms with Crippen molar-refractivity contribution in [2.75, 3.05) is 39.3 Å². The van der Waals surface area contributed by atoms with Gasteiger partial charge in [0, 0.05) is 26.2 Å². The van der Waals surface area contributed by atoms with Crippen LogP contribution in [-0.4, -0.2) is 71.7 Å². The van der Waals surface area contributed by atoms with E-state index in [0.29, 0.717) is 30.0 Å². The normalized spacial score (nSPS) is 17.0. The van der Waals surface area contributed by atoms with Gasteiger partial charge in [0.05, 0.1) is 12.2 Å². The molecule has 0 spiro atoms. The standard InChI is InChI=1S/C51H99N3O3/c1-15-38(3)28-40(5)30-42(7)32-45(55)22-18-20-24-52-23-19-17-21-26-54(27-25-53-36-46(56)33-43(8)31-41(6)29-39(4)16-2)37-44-34-47(50(9,10)11)49(57)48(35-44)51(12,13)14/h34-35,38-43,45-46,52-53,55-57H,15-33,36-37H2,1-14H3. The van der Waals surface area contributed by atoms with Crippen LogP contribution in [-0.2, 0) is 17.4 Å². The average molecular weight is 802 g/mol. The Morgan fingerprint density at radius 2 is 1.00 bits per heavy atom. The van der Waals surface area contributed by atoms with Crippen molar-refractivity contribution in [2.45, 2.75) is 216 Å². The van der Waals surface area contributed by atoms with Crippen LogP contribution in [0.2, 0.25) is 0 Å². The minimum Gasteiger partial charge on any atom is -0.507 e. The maximum atomic E-state index is 11.3. The van der Waals surface area contributed by atoms with Gasteiger partial charge in [-0.3, -0.25) is 4.90 Å². The first-order valence-corrected chi connectivity index (χ1v) is 24.0. The van der Waals surface area contributed by atoms with Crippen molar-refractivity contribution in [1.82, 2.24) is 15.5 Å². The van der Waals surface area contributed by atoms with Gasteiger partial charge in [-0.05, 0) is 153 Å². The number of aliphatic hydroxyl groups is 2. The van der Waals surface area contributed by atoms with Crippen LogP contribution >= 0.6 is 0 Å². The van der Waals surface area contributed by atoms with Gasteiger partial charge in [0.2, 0.25) is 0 Å². The molecule has 0 aromatic heterocycles. The fourth-order valence-electron chi connectivity index (χ4n) is 9.08. The third-order valence-corrected chi connectivity index (χ3v) is 12.6. The summed E-state index contributed by atoms with van der Waals surface area (Å²) in [4.78, 5) is 2.57. The summed E-state index contributed by atoms with van der Waals surface area (Å²) < 4.78 is 0. The van der Waals surface area contributed by atoms with Gasteiger partial charge < -0.3 is 26.0 Å². The maximum absolute atomic E-state index is 11.3.